The number of amides is 1. The Morgan fingerprint density at radius 2 is 1.96 bits per heavy atom. The Morgan fingerprint density at radius 3 is 2.54 bits per heavy atom. The Balaban J connectivity index is 2.44. The highest BCUT2D eigenvalue weighted by Crippen LogP contribution is 2.39. The van der Waals surface area contributed by atoms with Crippen LogP contribution in [0.4, 0.5) is 0 Å². The molecule has 28 heavy (non-hydrogen) atoms. The average molecular weight is 389 g/mol. The summed E-state index contributed by atoms with van der Waals surface area (Å²) >= 11 is 0. The van der Waals surface area contributed by atoms with E-state index in [1.807, 2.05) is 38.1 Å². The van der Waals surface area contributed by atoms with Crippen molar-refractivity contribution in [1.82, 2.24) is 9.80 Å². The molecule has 0 bridgehead atoms. The number of ether oxygens (including phenoxy) is 1. The molecule has 1 N–H and O–H groups in total. The minimum Gasteiger partial charge on any atom is -0.503 e. The van der Waals surface area contributed by atoms with E-state index in [9.17, 15) is 14.7 Å². The van der Waals surface area contributed by atoms with Crippen LogP contribution in [-0.4, -0.2) is 59.9 Å². The summed E-state index contributed by atoms with van der Waals surface area (Å²) in [5.74, 6) is -0.293. The minimum atomic E-state index is -0.593. The summed E-state index contributed by atoms with van der Waals surface area (Å²) in [7, 11) is 1.58. The van der Waals surface area contributed by atoms with E-state index in [2.05, 4.69) is 18.7 Å². The van der Waals surface area contributed by atoms with Gasteiger partial charge in [0.15, 0.2) is 11.5 Å². The third kappa shape index (κ3) is 4.73. The van der Waals surface area contributed by atoms with Crippen molar-refractivity contribution in [3.63, 3.8) is 0 Å². The van der Waals surface area contributed by atoms with Crippen molar-refractivity contribution >= 4 is 11.7 Å². The molecule has 0 radical (unpaired) electrons. The topological polar surface area (TPSA) is 70.1 Å². The number of Topliss-reactive ketones (excluding diaryl/α,β-unsaturated/α-hetero) is 1. The van der Waals surface area contributed by atoms with Gasteiger partial charge in [0.05, 0.1) is 18.7 Å². The Labute approximate surface area is 167 Å². The van der Waals surface area contributed by atoms with Gasteiger partial charge in [-0.3, -0.25) is 9.59 Å². The Kier molecular flexibility index (Phi) is 7.63. The number of rotatable bonds is 10. The maximum Gasteiger partial charge on any atom is 0.290 e. The number of hydrogen-bond donors (Lipinski definition) is 1. The van der Waals surface area contributed by atoms with Gasteiger partial charge < -0.3 is 19.6 Å². The van der Waals surface area contributed by atoms with E-state index < -0.39 is 17.7 Å². The third-order valence-electron chi connectivity index (χ3n) is 5.16. The second kappa shape index (κ2) is 9.73. The fourth-order valence-electron chi connectivity index (χ4n) is 3.60. The summed E-state index contributed by atoms with van der Waals surface area (Å²) in [6, 6.07) is 6.75. The first kappa shape index (κ1) is 22.0. The molecule has 0 aliphatic carbocycles. The lowest BCUT2D eigenvalue weighted by Gasteiger charge is -2.29. The van der Waals surface area contributed by atoms with E-state index >= 15 is 0 Å². The highest BCUT2D eigenvalue weighted by Gasteiger charge is 2.43. The fourth-order valence-corrected chi connectivity index (χ4v) is 3.60. The molecule has 1 unspecified atom stereocenters. The molecular weight excluding hydrogens is 356 g/mol. The molecule has 1 aliphatic heterocycles. The van der Waals surface area contributed by atoms with Crippen LogP contribution in [-0.2, 0) is 9.59 Å². The summed E-state index contributed by atoms with van der Waals surface area (Å²) in [6.45, 7) is 10.9. The molecule has 1 atom stereocenters. The normalized spacial score (nSPS) is 17.2. The van der Waals surface area contributed by atoms with Crippen LogP contribution in [0.3, 0.4) is 0 Å². The molecular formula is C22H32N2O4. The Morgan fingerprint density at radius 1 is 1.29 bits per heavy atom. The summed E-state index contributed by atoms with van der Waals surface area (Å²) < 4.78 is 5.32. The van der Waals surface area contributed by atoms with E-state index in [0.717, 1.165) is 18.7 Å². The number of nitrogens with zero attached hydrogens (tertiary/aromatic N) is 2. The molecule has 1 heterocycles. The van der Waals surface area contributed by atoms with Crippen molar-refractivity contribution in [2.45, 2.75) is 40.2 Å². The van der Waals surface area contributed by atoms with Gasteiger partial charge in [0, 0.05) is 19.5 Å². The molecule has 154 valence electrons. The zero-order valence-corrected chi connectivity index (χ0v) is 17.6. The van der Waals surface area contributed by atoms with Gasteiger partial charge in [0.2, 0.25) is 0 Å². The molecule has 6 heteroatoms. The first-order chi connectivity index (χ1) is 13.3. The number of carbonyl (C=O) groups is 2. The van der Waals surface area contributed by atoms with Crippen LogP contribution in [0.2, 0.25) is 0 Å². The highest BCUT2D eigenvalue weighted by molar-refractivity contribution is 6.09. The smallest absolute Gasteiger partial charge is 0.290 e. The van der Waals surface area contributed by atoms with Crippen LogP contribution in [0.15, 0.2) is 35.6 Å². The Hall–Kier alpha value is -2.34. The van der Waals surface area contributed by atoms with Crippen LogP contribution in [0, 0.1) is 5.92 Å². The molecule has 1 aliphatic rings. The second-order valence-electron chi connectivity index (χ2n) is 7.49. The van der Waals surface area contributed by atoms with Crippen molar-refractivity contribution in [2.24, 2.45) is 5.92 Å². The van der Waals surface area contributed by atoms with E-state index in [4.69, 9.17) is 4.74 Å². The molecule has 1 aromatic carbocycles. The predicted octanol–water partition coefficient (Wildman–Crippen LogP) is 3.35. The lowest BCUT2D eigenvalue weighted by Crippen LogP contribution is -2.38. The maximum atomic E-state index is 12.9. The van der Waals surface area contributed by atoms with Crippen LogP contribution < -0.4 is 4.74 Å². The lowest BCUT2D eigenvalue weighted by atomic mass is 9.92. The standard InChI is InChI=1S/C22H32N2O4/c1-6-23(7-2)11-12-24-20(16-9-8-10-17(14-16)28-5)19(21(26)22(24)27)18(25)13-15(3)4/h8-10,14-15,20,26H,6-7,11-13H2,1-5H3. The van der Waals surface area contributed by atoms with Gasteiger partial charge in [-0.2, -0.15) is 0 Å². The monoisotopic (exact) mass is 388 g/mol. The van der Waals surface area contributed by atoms with Gasteiger partial charge in [-0.05, 0) is 36.7 Å². The molecule has 0 aromatic heterocycles. The minimum absolute atomic E-state index is 0.138. The number of aliphatic hydroxyl groups is 1. The summed E-state index contributed by atoms with van der Waals surface area (Å²) in [5.41, 5.74) is 0.968. The van der Waals surface area contributed by atoms with Gasteiger partial charge in [0.1, 0.15) is 5.75 Å². The molecule has 1 aromatic rings. The molecule has 0 spiro atoms. The molecule has 0 saturated carbocycles. The van der Waals surface area contributed by atoms with E-state index in [1.165, 1.54) is 0 Å². The highest BCUT2D eigenvalue weighted by atomic mass is 16.5. The van der Waals surface area contributed by atoms with Gasteiger partial charge in [0.25, 0.3) is 5.91 Å². The van der Waals surface area contributed by atoms with Gasteiger partial charge in [-0.15, -0.1) is 0 Å². The maximum absolute atomic E-state index is 12.9. The lowest BCUT2D eigenvalue weighted by molar-refractivity contribution is -0.129. The molecule has 2 rings (SSSR count). The number of aliphatic hydroxyl groups excluding tert-OH is 1. The van der Waals surface area contributed by atoms with E-state index in [-0.39, 0.29) is 23.7 Å². The average Bonchev–Trinajstić information content (AvgIpc) is 2.93. The predicted molar refractivity (Wildman–Crippen MR) is 109 cm³/mol. The molecule has 0 saturated heterocycles. The quantitative estimate of drug-likeness (QED) is 0.666. The first-order valence-electron chi connectivity index (χ1n) is 9.97. The number of methoxy groups -OCH3 is 1. The zero-order chi connectivity index (χ0) is 20.8. The van der Waals surface area contributed by atoms with Crippen molar-refractivity contribution < 1.29 is 19.4 Å². The second-order valence-corrected chi connectivity index (χ2v) is 7.49. The number of benzene rings is 1. The summed E-state index contributed by atoms with van der Waals surface area (Å²) in [4.78, 5) is 29.6. The van der Waals surface area contributed by atoms with Gasteiger partial charge in [-0.25, -0.2) is 0 Å². The number of likely N-dealkylation sites (N-methyl/N-ethyl adjacent to an activating group) is 1. The number of hydrogen-bond acceptors (Lipinski definition) is 5. The van der Waals surface area contributed by atoms with Crippen molar-refractivity contribution in [2.75, 3.05) is 33.3 Å². The molecule has 6 nitrogen and oxygen atoms in total. The number of ketones is 1. The fraction of sp³-hybridized carbons (Fsp3) is 0.545. The third-order valence-corrected chi connectivity index (χ3v) is 5.16. The van der Waals surface area contributed by atoms with Crippen molar-refractivity contribution in [1.29, 1.82) is 0 Å². The van der Waals surface area contributed by atoms with Gasteiger partial charge >= 0.3 is 0 Å². The summed E-state index contributed by atoms with van der Waals surface area (Å²) in [6.07, 6.45) is 0.289. The largest absolute Gasteiger partial charge is 0.503 e. The van der Waals surface area contributed by atoms with Crippen LogP contribution in [0.5, 0.6) is 5.75 Å². The molecule has 0 fully saturated rings. The van der Waals surface area contributed by atoms with Crippen LogP contribution in [0.1, 0.15) is 45.7 Å². The first-order valence-corrected chi connectivity index (χ1v) is 9.97. The van der Waals surface area contributed by atoms with E-state index in [1.54, 1.807) is 12.0 Å². The van der Waals surface area contributed by atoms with E-state index in [0.29, 0.717) is 18.8 Å². The van der Waals surface area contributed by atoms with Crippen molar-refractivity contribution in [3.05, 3.63) is 41.2 Å². The van der Waals surface area contributed by atoms with Crippen molar-refractivity contribution in [3.8, 4) is 5.75 Å². The molecule has 1 amide bonds. The number of carbonyl (C=O) groups excluding carboxylic acids is 2. The SMILES string of the molecule is CCN(CC)CCN1C(=O)C(O)=C(C(=O)CC(C)C)C1c1cccc(OC)c1. The zero-order valence-electron chi connectivity index (χ0n) is 17.6. The van der Waals surface area contributed by atoms with Crippen LogP contribution >= 0.6 is 0 Å². The van der Waals surface area contributed by atoms with Crippen LogP contribution in [0.25, 0.3) is 0 Å². The van der Waals surface area contributed by atoms with Gasteiger partial charge in [-0.1, -0.05) is 39.8 Å². The Bertz CT molecular complexity index is 738. The summed E-state index contributed by atoms with van der Waals surface area (Å²) in [5, 5.41) is 10.6.